The van der Waals surface area contributed by atoms with Gasteiger partial charge in [0.15, 0.2) is 11.5 Å². The molecule has 1 aromatic rings. The third kappa shape index (κ3) is 4.55. The Kier molecular flexibility index (Phi) is 4.74. The van der Waals surface area contributed by atoms with Crippen molar-refractivity contribution in [3.05, 3.63) is 23.3 Å². The van der Waals surface area contributed by atoms with Crippen LogP contribution in [0.3, 0.4) is 0 Å². The fourth-order valence-corrected chi connectivity index (χ4v) is 3.30. The van der Waals surface area contributed by atoms with Gasteiger partial charge in [0.05, 0.1) is 6.61 Å². The fraction of sp³-hybridized carbons (Fsp3) is 0.667. The minimum atomic E-state index is -4.70. The van der Waals surface area contributed by atoms with E-state index in [2.05, 4.69) is 4.74 Å². The summed E-state index contributed by atoms with van der Waals surface area (Å²) in [6, 6.07) is 3.54. The lowest BCUT2D eigenvalue weighted by molar-refractivity contribution is -0.275. The van der Waals surface area contributed by atoms with E-state index in [1.165, 1.54) is 12.8 Å². The summed E-state index contributed by atoms with van der Waals surface area (Å²) >= 11 is 0. The topological polar surface area (TPSA) is 18.5 Å². The van der Waals surface area contributed by atoms with Crippen molar-refractivity contribution in [3.63, 3.8) is 0 Å². The summed E-state index contributed by atoms with van der Waals surface area (Å²) in [5, 5.41) is 0. The quantitative estimate of drug-likeness (QED) is 0.694. The number of rotatable bonds is 6. The van der Waals surface area contributed by atoms with Gasteiger partial charge in [0, 0.05) is 0 Å². The number of halogens is 3. The second kappa shape index (κ2) is 6.62. The van der Waals surface area contributed by atoms with E-state index in [1.54, 1.807) is 13.0 Å². The van der Waals surface area contributed by atoms with Gasteiger partial charge in [-0.05, 0) is 55.2 Å². The lowest BCUT2D eigenvalue weighted by Crippen LogP contribution is -2.19. The summed E-state index contributed by atoms with van der Waals surface area (Å²) in [6.45, 7) is 2.17. The van der Waals surface area contributed by atoms with Crippen LogP contribution in [0.5, 0.6) is 11.5 Å². The lowest BCUT2D eigenvalue weighted by Gasteiger charge is -2.20. The van der Waals surface area contributed by atoms with Crippen LogP contribution in [0.15, 0.2) is 12.1 Å². The van der Waals surface area contributed by atoms with Crippen LogP contribution in [0.2, 0.25) is 0 Å². The average molecular weight is 328 g/mol. The molecule has 5 heteroatoms. The Morgan fingerprint density at radius 2 is 1.74 bits per heavy atom. The summed E-state index contributed by atoms with van der Waals surface area (Å²) in [7, 11) is 0. The van der Waals surface area contributed by atoms with Gasteiger partial charge >= 0.3 is 6.36 Å². The standard InChI is InChI=1S/C18H23F3O2/c1-12-15(10-13-4-2-3-5-13)8-9-16(22-11-14-6-7-14)17(12)23-18(19,20)21/h8-9,13-14H,2-7,10-11H2,1H3. The molecule has 2 saturated carbocycles. The molecular formula is C18H23F3O2. The van der Waals surface area contributed by atoms with E-state index in [0.29, 0.717) is 24.0 Å². The SMILES string of the molecule is Cc1c(CC2CCCC2)ccc(OCC2CC2)c1OC(F)(F)F. The van der Waals surface area contributed by atoms with Crippen LogP contribution in [0.1, 0.15) is 49.7 Å². The maximum absolute atomic E-state index is 12.8. The zero-order chi connectivity index (χ0) is 16.4. The first-order chi connectivity index (χ1) is 10.9. The van der Waals surface area contributed by atoms with Crippen LogP contribution >= 0.6 is 0 Å². The van der Waals surface area contributed by atoms with Crippen LogP contribution in [0.4, 0.5) is 13.2 Å². The Hall–Kier alpha value is -1.39. The molecule has 23 heavy (non-hydrogen) atoms. The summed E-state index contributed by atoms with van der Waals surface area (Å²) in [5.74, 6) is 1.11. The molecule has 0 amide bonds. The van der Waals surface area contributed by atoms with Gasteiger partial charge in [0.25, 0.3) is 0 Å². The Labute approximate surface area is 135 Å². The van der Waals surface area contributed by atoms with Gasteiger partial charge in [-0.1, -0.05) is 31.7 Å². The molecule has 0 spiro atoms. The molecule has 0 bridgehead atoms. The zero-order valence-corrected chi connectivity index (χ0v) is 13.4. The van der Waals surface area contributed by atoms with Gasteiger partial charge in [0.2, 0.25) is 0 Å². The molecule has 0 radical (unpaired) electrons. The highest BCUT2D eigenvalue weighted by Gasteiger charge is 2.34. The van der Waals surface area contributed by atoms with E-state index in [4.69, 9.17) is 4.74 Å². The molecule has 0 aliphatic heterocycles. The van der Waals surface area contributed by atoms with Crippen LogP contribution in [0, 0.1) is 18.8 Å². The predicted octanol–water partition coefficient (Wildman–Crippen LogP) is 5.42. The van der Waals surface area contributed by atoms with Crippen molar-refractivity contribution in [2.75, 3.05) is 6.61 Å². The molecule has 0 atom stereocenters. The zero-order valence-electron chi connectivity index (χ0n) is 13.4. The smallest absolute Gasteiger partial charge is 0.489 e. The van der Waals surface area contributed by atoms with Crippen molar-refractivity contribution in [2.45, 2.75) is 58.2 Å². The fourth-order valence-electron chi connectivity index (χ4n) is 3.30. The van der Waals surface area contributed by atoms with Gasteiger partial charge in [-0.15, -0.1) is 13.2 Å². The highest BCUT2D eigenvalue weighted by Crippen LogP contribution is 2.40. The van der Waals surface area contributed by atoms with Crippen molar-refractivity contribution in [3.8, 4) is 11.5 Å². The second-order valence-corrected chi connectivity index (χ2v) is 6.83. The highest BCUT2D eigenvalue weighted by molar-refractivity contribution is 5.50. The Balaban J connectivity index is 1.81. The monoisotopic (exact) mass is 328 g/mol. The van der Waals surface area contributed by atoms with E-state index in [9.17, 15) is 13.2 Å². The van der Waals surface area contributed by atoms with Crippen molar-refractivity contribution >= 4 is 0 Å². The largest absolute Gasteiger partial charge is 0.573 e. The van der Waals surface area contributed by atoms with Gasteiger partial charge < -0.3 is 9.47 Å². The van der Waals surface area contributed by atoms with E-state index in [-0.39, 0.29) is 11.5 Å². The lowest BCUT2D eigenvalue weighted by atomic mass is 9.94. The third-order valence-corrected chi connectivity index (χ3v) is 4.85. The Morgan fingerprint density at radius 3 is 2.35 bits per heavy atom. The minimum Gasteiger partial charge on any atom is -0.489 e. The first-order valence-electron chi connectivity index (χ1n) is 8.43. The number of benzene rings is 1. The number of alkyl halides is 3. The number of hydrogen-bond donors (Lipinski definition) is 0. The highest BCUT2D eigenvalue weighted by atomic mass is 19.4. The van der Waals surface area contributed by atoms with E-state index >= 15 is 0 Å². The van der Waals surface area contributed by atoms with Crippen LogP contribution < -0.4 is 9.47 Å². The molecule has 0 aromatic heterocycles. The summed E-state index contributed by atoms with van der Waals surface area (Å²) in [5.41, 5.74) is 1.50. The number of ether oxygens (including phenoxy) is 2. The van der Waals surface area contributed by atoms with Gasteiger partial charge in [-0.2, -0.15) is 0 Å². The second-order valence-electron chi connectivity index (χ2n) is 6.83. The van der Waals surface area contributed by atoms with Gasteiger partial charge in [0.1, 0.15) is 0 Å². The summed E-state index contributed by atoms with van der Waals surface area (Å²) < 4.78 is 48.2. The molecule has 0 heterocycles. The number of hydrogen-bond acceptors (Lipinski definition) is 2. The first kappa shape index (κ1) is 16.5. The van der Waals surface area contributed by atoms with E-state index in [1.807, 2.05) is 6.07 Å². The maximum Gasteiger partial charge on any atom is 0.573 e. The molecule has 2 aliphatic carbocycles. The molecular weight excluding hydrogens is 305 g/mol. The summed E-state index contributed by atoms with van der Waals surface area (Å²) in [4.78, 5) is 0. The van der Waals surface area contributed by atoms with Crippen LogP contribution in [0.25, 0.3) is 0 Å². The van der Waals surface area contributed by atoms with Crippen molar-refractivity contribution < 1.29 is 22.6 Å². The normalized spacial score (nSPS) is 19.1. The molecule has 2 aliphatic rings. The molecule has 128 valence electrons. The van der Waals surface area contributed by atoms with E-state index < -0.39 is 6.36 Å². The Bertz CT molecular complexity index is 544. The summed E-state index contributed by atoms with van der Waals surface area (Å²) in [6.07, 6.45) is 3.07. The van der Waals surface area contributed by atoms with Crippen LogP contribution in [-0.4, -0.2) is 13.0 Å². The van der Waals surface area contributed by atoms with Crippen molar-refractivity contribution in [1.29, 1.82) is 0 Å². The van der Waals surface area contributed by atoms with Crippen molar-refractivity contribution in [2.24, 2.45) is 11.8 Å². The van der Waals surface area contributed by atoms with Gasteiger partial charge in [-0.25, -0.2) is 0 Å². The third-order valence-electron chi connectivity index (χ3n) is 4.85. The first-order valence-corrected chi connectivity index (χ1v) is 8.43. The van der Waals surface area contributed by atoms with Crippen molar-refractivity contribution in [1.82, 2.24) is 0 Å². The molecule has 1 aromatic carbocycles. The molecule has 0 saturated heterocycles. The molecule has 2 nitrogen and oxygen atoms in total. The molecule has 3 rings (SSSR count). The Morgan fingerprint density at radius 1 is 1.04 bits per heavy atom. The maximum atomic E-state index is 12.8. The average Bonchev–Trinajstić information content (AvgIpc) is 3.16. The molecule has 0 N–H and O–H groups in total. The predicted molar refractivity (Wildman–Crippen MR) is 81.7 cm³/mol. The van der Waals surface area contributed by atoms with Gasteiger partial charge in [-0.3, -0.25) is 0 Å². The molecule has 2 fully saturated rings. The molecule has 0 unspecified atom stereocenters. The van der Waals surface area contributed by atoms with Crippen LogP contribution in [-0.2, 0) is 6.42 Å². The minimum absolute atomic E-state index is 0.159. The van der Waals surface area contributed by atoms with E-state index in [0.717, 1.165) is 37.7 Å².